The SMILES string of the molecule is CC(Nc1ccc(C#N)cc1)c1ccc(OC(F)F)cc1. The van der Waals surface area contributed by atoms with Gasteiger partial charge in [-0.2, -0.15) is 14.0 Å². The molecule has 5 heteroatoms. The highest BCUT2D eigenvalue weighted by Crippen LogP contribution is 2.22. The Labute approximate surface area is 121 Å². The molecule has 0 saturated heterocycles. The molecule has 21 heavy (non-hydrogen) atoms. The minimum atomic E-state index is -2.81. The number of ether oxygens (including phenoxy) is 1. The molecule has 1 N–H and O–H groups in total. The van der Waals surface area contributed by atoms with E-state index in [1.807, 2.05) is 19.1 Å². The number of alkyl halides is 2. The molecule has 0 aliphatic carbocycles. The van der Waals surface area contributed by atoms with Gasteiger partial charge in [-0.3, -0.25) is 0 Å². The van der Waals surface area contributed by atoms with E-state index in [2.05, 4.69) is 16.1 Å². The van der Waals surface area contributed by atoms with Gasteiger partial charge in [0.2, 0.25) is 0 Å². The van der Waals surface area contributed by atoms with Gasteiger partial charge >= 0.3 is 6.61 Å². The van der Waals surface area contributed by atoms with Gasteiger partial charge in [-0.25, -0.2) is 0 Å². The largest absolute Gasteiger partial charge is 0.435 e. The van der Waals surface area contributed by atoms with Gasteiger partial charge in [0.25, 0.3) is 0 Å². The van der Waals surface area contributed by atoms with Gasteiger partial charge in [0, 0.05) is 11.7 Å². The van der Waals surface area contributed by atoms with E-state index in [1.165, 1.54) is 12.1 Å². The summed E-state index contributed by atoms with van der Waals surface area (Å²) in [6.45, 7) is -0.855. The molecule has 1 unspecified atom stereocenters. The number of hydrogen-bond donors (Lipinski definition) is 1. The van der Waals surface area contributed by atoms with Crippen LogP contribution in [0, 0.1) is 11.3 Å². The summed E-state index contributed by atoms with van der Waals surface area (Å²) < 4.78 is 28.5. The molecule has 0 amide bonds. The normalized spacial score (nSPS) is 11.8. The van der Waals surface area contributed by atoms with Crippen molar-refractivity contribution < 1.29 is 13.5 Å². The molecule has 2 rings (SSSR count). The Hall–Kier alpha value is -2.61. The van der Waals surface area contributed by atoms with Crippen molar-refractivity contribution in [3.63, 3.8) is 0 Å². The van der Waals surface area contributed by atoms with Crippen LogP contribution in [0.25, 0.3) is 0 Å². The highest BCUT2D eigenvalue weighted by atomic mass is 19.3. The lowest BCUT2D eigenvalue weighted by Gasteiger charge is -2.16. The van der Waals surface area contributed by atoms with Crippen LogP contribution in [0.3, 0.4) is 0 Å². The molecule has 0 radical (unpaired) electrons. The average molecular weight is 288 g/mol. The predicted octanol–water partition coefficient (Wildman–Crippen LogP) is 4.33. The highest BCUT2D eigenvalue weighted by Gasteiger charge is 2.08. The highest BCUT2D eigenvalue weighted by molar-refractivity contribution is 5.49. The number of nitriles is 1. The zero-order chi connectivity index (χ0) is 15.2. The molecule has 0 bridgehead atoms. The standard InChI is InChI=1S/C16H14F2N2O/c1-11(20-14-6-2-12(10-19)3-7-14)13-4-8-15(9-5-13)21-16(17)18/h2-9,11,16,20H,1H3. The first kappa shape index (κ1) is 14.8. The number of hydrogen-bond acceptors (Lipinski definition) is 3. The Bertz CT molecular complexity index is 618. The predicted molar refractivity (Wildman–Crippen MR) is 76.3 cm³/mol. The quantitative estimate of drug-likeness (QED) is 0.890. The first-order valence-corrected chi connectivity index (χ1v) is 6.40. The zero-order valence-electron chi connectivity index (χ0n) is 11.4. The van der Waals surface area contributed by atoms with Crippen LogP contribution < -0.4 is 10.1 Å². The van der Waals surface area contributed by atoms with Gasteiger partial charge in [-0.15, -0.1) is 0 Å². The second kappa shape index (κ2) is 6.71. The third kappa shape index (κ3) is 4.18. The Balaban J connectivity index is 2.02. The van der Waals surface area contributed by atoms with Crippen molar-refractivity contribution in [2.75, 3.05) is 5.32 Å². The molecule has 0 spiro atoms. The van der Waals surface area contributed by atoms with Gasteiger partial charge in [0.15, 0.2) is 0 Å². The van der Waals surface area contributed by atoms with Crippen molar-refractivity contribution in [3.8, 4) is 11.8 Å². The maximum Gasteiger partial charge on any atom is 0.387 e. The molecule has 0 heterocycles. The fraction of sp³-hybridized carbons (Fsp3) is 0.188. The van der Waals surface area contributed by atoms with Crippen molar-refractivity contribution in [1.82, 2.24) is 0 Å². The van der Waals surface area contributed by atoms with E-state index in [0.717, 1.165) is 11.3 Å². The van der Waals surface area contributed by atoms with Crippen LogP contribution in [0.4, 0.5) is 14.5 Å². The van der Waals surface area contributed by atoms with Gasteiger partial charge in [-0.1, -0.05) is 12.1 Å². The fourth-order valence-electron chi connectivity index (χ4n) is 1.91. The van der Waals surface area contributed by atoms with Crippen LogP contribution in [-0.4, -0.2) is 6.61 Å². The van der Waals surface area contributed by atoms with E-state index >= 15 is 0 Å². The number of rotatable bonds is 5. The van der Waals surface area contributed by atoms with E-state index < -0.39 is 6.61 Å². The third-order valence-electron chi connectivity index (χ3n) is 3.00. The smallest absolute Gasteiger partial charge is 0.387 e. The molecule has 0 aliphatic rings. The second-order valence-electron chi connectivity index (χ2n) is 4.50. The van der Waals surface area contributed by atoms with Crippen molar-refractivity contribution in [3.05, 3.63) is 59.7 Å². The van der Waals surface area contributed by atoms with Gasteiger partial charge in [-0.05, 0) is 48.9 Å². The summed E-state index contributed by atoms with van der Waals surface area (Å²) in [6.07, 6.45) is 0. The number of halogens is 2. The van der Waals surface area contributed by atoms with Gasteiger partial charge in [0.05, 0.1) is 11.6 Å². The zero-order valence-corrected chi connectivity index (χ0v) is 11.4. The lowest BCUT2D eigenvalue weighted by atomic mass is 10.1. The van der Waals surface area contributed by atoms with Crippen molar-refractivity contribution in [2.24, 2.45) is 0 Å². The fourth-order valence-corrected chi connectivity index (χ4v) is 1.91. The van der Waals surface area contributed by atoms with E-state index in [4.69, 9.17) is 5.26 Å². The molecular weight excluding hydrogens is 274 g/mol. The van der Waals surface area contributed by atoms with Crippen LogP contribution in [0.2, 0.25) is 0 Å². The molecule has 0 saturated carbocycles. The molecule has 0 aliphatic heterocycles. The maximum atomic E-state index is 12.1. The molecule has 1 atom stereocenters. The molecule has 108 valence electrons. The summed E-state index contributed by atoms with van der Waals surface area (Å²) >= 11 is 0. The van der Waals surface area contributed by atoms with E-state index in [0.29, 0.717) is 5.56 Å². The molecular formula is C16H14F2N2O. The summed E-state index contributed by atoms with van der Waals surface area (Å²) in [5.74, 6) is 0.138. The summed E-state index contributed by atoms with van der Waals surface area (Å²) in [5, 5.41) is 12.0. The molecule has 0 aromatic heterocycles. The monoisotopic (exact) mass is 288 g/mol. The average Bonchev–Trinajstić information content (AvgIpc) is 2.48. The van der Waals surface area contributed by atoms with Crippen molar-refractivity contribution in [1.29, 1.82) is 5.26 Å². The van der Waals surface area contributed by atoms with Crippen LogP contribution in [0.15, 0.2) is 48.5 Å². The Morgan fingerprint density at radius 3 is 2.19 bits per heavy atom. The minimum absolute atomic E-state index is 0.00136. The van der Waals surface area contributed by atoms with E-state index in [9.17, 15) is 8.78 Å². The first-order valence-electron chi connectivity index (χ1n) is 6.40. The molecule has 2 aromatic carbocycles. The second-order valence-corrected chi connectivity index (χ2v) is 4.50. The van der Waals surface area contributed by atoms with E-state index in [-0.39, 0.29) is 11.8 Å². The van der Waals surface area contributed by atoms with Crippen LogP contribution in [0.1, 0.15) is 24.1 Å². The number of anilines is 1. The molecule has 0 fully saturated rings. The number of nitrogens with zero attached hydrogens (tertiary/aromatic N) is 1. The van der Waals surface area contributed by atoms with Crippen molar-refractivity contribution in [2.45, 2.75) is 19.6 Å². The molecule has 3 nitrogen and oxygen atoms in total. The minimum Gasteiger partial charge on any atom is -0.435 e. The van der Waals surface area contributed by atoms with Crippen LogP contribution >= 0.6 is 0 Å². The van der Waals surface area contributed by atoms with Gasteiger partial charge < -0.3 is 10.1 Å². The number of nitrogens with one attached hydrogen (secondary N) is 1. The Kier molecular flexibility index (Phi) is 4.72. The lowest BCUT2D eigenvalue weighted by molar-refractivity contribution is -0.0498. The summed E-state index contributed by atoms with van der Waals surface area (Å²) in [6, 6.07) is 15.7. The number of benzene rings is 2. The topological polar surface area (TPSA) is 45.0 Å². The Morgan fingerprint density at radius 2 is 1.67 bits per heavy atom. The van der Waals surface area contributed by atoms with Gasteiger partial charge in [0.1, 0.15) is 5.75 Å². The lowest BCUT2D eigenvalue weighted by Crippen LogP contribution is -2.07. The van der Waals surface area contributed by atoms with Crippen molar-refractivity contribution >= 4 is 5.69 Å². The van der Waals surface area contributed by atoms with Crippen LogP contribution in [0.5, 0.6) is 5.75 Å². The summed E-state index contributed by atoms with van der Waals surface area (Å²) in [5.41, 5.74) is 2.43. The third-order valence-corrected chi connectivity index (χ3v) is 3.00. The van der Waals surface area contributed by atoms with E-state index in [1.54, 1.807) is 24.3 Å². The Morgan fingerprint density at radius 1 is 1.05 bits per heavy atom. The molecule has 2 aromatic rings. The first-order chi connectivity index (χ1) is 10.1. The van der Waals surface area contributed by atoms with Crippen LogP contribution in [-0.2, 0) is 0 Å². The summed E-state index contributed by atoms with van der Waals surface area (Å²) in [4.78, 5) is 0. The maximum absolute atomic E-state index is 12.1. The summed E-state index contributed by atoms with van der Waals surface area (Å²) in [7, 11) is 0.